The molecule has 0 spiro atoms. The van der Waals surface area contributed by atoms with Crippen LogP contribution in [0, 0.1) is 6.92 Å². The molecule has 2 heterocycles. The fourth-order valence-corrected chi connectivity index (χ4v) is 1.27. The van der Waals surface area contributed by atoms with E-state index >= 15 is 0 Å². The average molecular weight is 217 g/mol. The van der Waals surface area contributed by atoms with E-state index < -0.39 is 0 Å². The molecule has 0 fully saturated rings. The third kappa shape index (κ3) is 2.20. The number of amides is 1. The van der Waals surface area contributed by atoms with Gasteiger partial charge in [0.25, 0.3) is 5.91 Å². The van der Waals surface area contributed by atoms with Crippen LogP contribution in [-0.2, 0) is 0 Å². The van der Waals surface area contributed by atoms with Gasteiger partial charge in [0.05, 0.1) is 23.7 Å². The number of hydrogen-bond acceptors (Lipinski definition) is 3. The van der Waals surface area contributed by atoms with Crippen LogP contribution in [-0.4, -0.2) is 17.1 Å². The Labute approximate surface area is 92.2 Å². The molecule has 0 radical (unpaired) electrons. The van der Waals surface area contributed by atoms with Crippen molar-refractivity contribution in [2.75, 3.05) is 0 Å². The van der Waals surface area contributed by atoms with Gasteiger partial charge in [-0.05, 0) is 25.1 Å². The molecule has 0 bridgehead atoms. The molecule has 0 saturated heterocycles. The van der Waals surface area contributed by atoms with Crippen molar-refractivity contribution in [1.82, 2.24) is 10.4 Å². The van der Waals surface area contributed by atoms with Crippen LogP contribution in [0.5, 0.6) is 0 Å². The zero-order valence-corrected chi connectivity index (χ0v) is 8.73. The second kappa shape index (κ2) is 4.48. The second-order valence-corrected chi connectivity index (χ2v) is 3.22. The summed E-state index contributed by atoms with van der Waals surface area (Å²) in [4.78, 5) is 14.5. The molecular weight excluding hydrogens is 206 g/mol. The number of aromatic nitrogens is 1. The van der Waals surface area contributed by atoms with E-state index in [1.54, 1.807) is 19.2 Å². The summed E-state index contributed by atoms with van der Waals surface area (Å²) in [5.41, 5.74) is 3.73. The van der Waals surface area contributed by atoms with Gasteiger partial charge in [-0.1, -0.05) is 0 Å². The smallest absolute Gasteiger partial charge is 0.274 e. The van der Waals surface area contributed by atoms with E-state index in [-0.39, 0.29) is 5.91 Å². The zero-order chi connectivity index (χ0) is 11.4. The highest BCUT2D eigenvalue weighted by atomic mass is 16.3. The van der Waals surface area contributed by atoms with Gasteiger partial charge in [0, 0.05) is 6.20 Å². The van der Waals surface area contributed by atoms with Crippen LogP contribution in [0.3, 0.4) is 0 Å². The van der Waals surface area contributed by atoms with Gasteiger partial charge in [-0.15, -0.1) is 0 Å². The lowest BCUT2D eigenvalue weighted by Gasteiger charge is -1.96. The van der Waals surface area contributed by atoms with E-state index in [0.29, 0.717) is 11.3 Å². The summed E-state index contributed by atoms with van der Waals surface area (Å²) in [5, 5.41) is 3.81. The Kier molecular flexibility index (Phi) is 2.86. The Morgan fingerprint density at radius 3 is 3.06 bits per heavy atom. The lowest BCUT2D eigenvalue weighted by atomic mass is 10.2. The lowest BCUT2D eigenvalue weighted by Crippen LogP contribution is -2.17. The first-order chi connectivity index (χ1) is 7.77. The maximum Gasteiger partial charge on any atom is 0.274 e. The van der Waals surface area contributed by atoms with Gasteiger partial charge in [-0.25, -0.2) is 5.43 Å². The zero-order valence-electron chi connectivity index (χ0n) is 8.73. The highest BCUT2D eigenvalue weighted by molar-refractivity contribution is 5.95. The van der Waals surface area contributed by atoms with Crippen molar-refractivity contribution >= 4 is 12.1 Å². The van der Waals surface area contributed by atoms with Gasteiger partial charge < -0.3 is 9.40 Å². The summed E-state index contributed by atoms with van der Waals surface area (Å²) in [6.07, 6.45) is 4.79. The van der Waals surface area contributed by atoms with Gasteiger partial charge >= 0.3 is 0 Å². The molecule has 0 aromatic carbocycles. The Morgan fingerprint density at radius 1 is 1.56 bits per heavy atom. The average Bonchev–Trinajstić information content (AvgIpc) is 2.88. The van der Waals surface area contributed by atoms with Gasteiger partial charge in [0.1, 0.15) is 5.76 Å². The predicted molar refractivity (Wildman–Crippen MR) is 59.3 cm³/mol. The normalized spacial score (nSPS) is 10.8. The molecule has 5 nitrogen and oxygen atoms in total. The van der Waals surface area contributed by atoms with Crippen LogP contribution in [0.2, 0.25) is 0 Å². The summed E-state index contributed by atoms with van der Waals surface area (Å²) in [7, 11) is 0. The number of hydrazone groups is 1. The maximum absolute atomic E-state index is 11.6. The van der Waals surface area contributed by atoms with E-state index in [0.717, 1.165) is 5.69 Å². The van der Waals surface area contributed by atoms with Crippen LogP contribution in [0.15, 0.2) is 40.2 Å². The van der Waals surface area contributed by atoms with E-state index in [2.05, 4.69) is 15.5 Å². The van der Waals surface area contributed by atoms with Crippen LogP contribution < -0.4 is 5.43 Å². The number of rotatable bonds is 3. The summed E-state index contributed by atoms with van der Waals surface area (Å²) in [6.45, 7) is 1.73. The minimum Gasteiger partial charge on any atom is -0.469 e. The van der Waals surface area contributed by atoms with Crippen molar-refractivity contribution in [3.63, 3.8) is 0 Å². The molecule has 2 aromatic heterocycles. The van der Waals surface area contributed by atoms with Crippen LogP contribution in [0.4, 0.5) is 0 Å². The van der Waals surface area contributed by atoms with Crippen molar-refractivity contribution in [3.8, 4) is 0 Å². The van der Waals surface area contributed by atoms with Gasteiger partial charge in [0.15, 0.2) is 0 Å². The standard InChI is InChI=1S/C11H11N3O2/c1-8-10(4-6-16-8)11(15)14-13-7-9-3-2-5-12-9/h2-7,12H,1H3,(H,14,15)/b13-7-. The largest absolute Gasteiger partial charge is 0.469 e. The van der Waals surface area contributed by atoms with Gasteiger partial charge in [0.2, 0.25) is 0 Å². The molecule has 0 unspecified atom stereocenters. The molecule has 0 saturated carbocycles. The molecule has 16 heavy (non-hydrogen) atoms. The van der Waals surface area contributed by atoms with Crippen LogP contribution >= 0.6 is 0 Å². The molecule has 0 aliphatic carbocycles. The third-order valence-corrected chi connectivity index (χ3v) is 2.10. The molecular formula is C11H11N3O2. The predicted octanol–water partition coefficient (Wildman–Crippen LogP) is 1.68. The fraction of sp³-hybridized carbons (Fsp3) is 0.0909. The van der Waals surface area contributed by atoms with Crippen molar-refractivity contribution < 1.29 is 9.21 Å². The molecule has 0 aliphatic rings. The fourth-order valence-electron chi connectivity index (χ4n) is 1.27. The van der Waals surface area contributed by atoms with E-state index in [9.17, 15) is 4.79 Å². The number of nitrogens with zero attached hydrogens (tertiary/aromatic N) is 1. The molecule has 5 heteroatoms. The lowest BCUT2D eigenvalue weighted by molar-refractivity contribution is 0.0953. The van der Waals surface area contributed by atoms with Gasteiger partial charge in [-0.2, -0.15) is 5.10 Å². The minimum absolute atomic E-state index is 0.283. The molecule has 2 aromatic rings. The Balaban J connectivity index is 1.97. The van der Waals surface area contributed by atoms with Crippen LogP contribution in [0.1, 0.15) is 21.8 Å². The first kappa shape index (κ1) is 10.2. The monoisotopic (exact) mass is 217 g/mol. The quantitative estimate of drug-likeness (QED) is 0.606. The van der Waals surface area contributed by atoms with E-state index in [1.165, 1.54) is 12.5 Å². The Morgan fingerprint density at radius 2 is 2.44 bits per heavy atom. The first-order valence-corrected chi connectivity index (χ1v) is 4.78. The Hall–Kier alpha value is -2.30. The number of carbonyl (C=O) groups excluding carboxylic acids is 1. The van der Waals surface area contributed by atoms with Crippen molar-refractivity contribution in [2.45, 2.75) is 6.92 Å². The molecule has 2 rings (SSSR count). The summed E-state index contributed by atoms with van der Waals surface area (Å²) >= 11 is 0. The highest BCUT2D eigenvalue weighted by Gasteiger charge is 2.09. The SMILES string of the molecule is Cc1occc1C(=O)N/N=C\c1ccc[nH]1. The summed E-state index contributed by atoms with van der Waals surface area (Å²) < 4.78 is 5.02. The molecule has 2 N–H and O–H groups in total. The number of H-pyrrole nitrogens is 1. The number of hydrogen-bond donors (Lipinski definition) is 2. The highest BCUT2D eigenvalue weighted by Crippen LogP contribution is 2.07. The number of carbonyl (C=O) groups is 1. The number of aryl methyl sites for hydroxylation is 1. The topological polar surface area (TPSA) is 70.4 Å². The van der Waals surface area contributed by atoms with Gasteiger partial charge in [-0.3, -0.25) is 4.79 Å². The molecule has 1 amide bonds. The summed E-state index contributed by atoms with van der Waals surface area (Å²) in [5.74, 6) is 0.293. The first-order valence-electron chi connectivity index (χ1n) is 4.78. The van der Waals surface area contributed by atoms with Crippen molar-refractivity contribution in [1.29, 1.82) is 0 Å². The summed E-state index contributed by atoms with van der Waals surface area (Å²) in [6, 6.07) is 5.30. The second-order valence-electron chi connectivity index (χ2n) is 3.22. The number of nitrogens with one attached hydrogen (secondary N) is 2. The molecule has 0 atom stereocenters. The maximum atomic E-state index is 11.6. The molecule has 82 valence electrons. The number of aromatic amines is 1. The van der Waals surface area contributed by atoms with E-state index in [4.69, 9.17) is 4.42 Å². The number of furan rings is 1. The van der Waals surface area contributed by atoms with Crippen molar-refractivity contribution in [2.24, 2.45) is 5.10 Å². The van der Waals surface area contributed by atoms with Crippen molar-refractivity contribution in [3.05, 3.63) is 47.7 Å². The van der Waals surface area contributed by atoms with E-state index in [1.807, 2.05) is 12.1 Å². The minimum atomic E-state index is -0.283. The third-order valence-electron chi connectivity index (χ3n) is 2.10. The molecule has 0 aliphatic heterocycles. The van der Waals surface area contributed by atoms with Crippen LogP contribution in [0.25, 0.3) is 0 Å². The Bertz CT molecular complexity index is 497.